The Hall–Kier alpha value is -3.65. The zero-order chi connectivity index (χ0) is 24.7. The number of imide groups is 1. The molecular weight excluding hydrogens is 460 g/mol. The third-order valence-electron chi connectivity index (χ3n) is 6.54. The predicted octanol–water partition coefficient (Wildman–Crippen LogP) is 4.42. The van der Waals surface area contributed by atoms with Gasteiger partial charge in [0.15, 0.2) is 0 Å². The third-order valence-corrected chi connectivity index (χ3v) is 7.44. The number of rotatable bonds is 4. The Bertz CT molecular complexity index is 1390. The van der Waals surface area contributed by atoms with Gasteiger partial charge in [-0.1, -0.05) is 24.3 Å². The van der Waals surface area contributed by atoms with Gasteiger partial charge in [-0.15, -0.1) is 0 Å². The number of nitrogens with zero attached hydrogens (tertiary/aromatic N) is 4. The van der Waals surface area contributed by atoms with Crippen LogP contribution in [-0.2, 0) is 22.6 Å². The molecule has 0 aliphatic carbocycles. The average Bonchev–Trinajstić information content (AvgIpc) is 3.27. The molecule has 0 spiro atoms. The van der Waals surface area contributed by atoms with Crippen molar-refractivity contribution in [2.45, 2.75) is 33.7 Å². The highest BCUT2D eigenvalue weighted by Crippen LogP contribution is 2.34. The molecule has 5 rings (SSSR count). The first-order valence-corrected chi connectivity index (χ1v) is 12.4. The Morgan fingerprint density at radius 3 is 2.63 bits per heavy atom. The molecule has 2 aromatic heterocycles. The van der Waals surface area contributed by atoms with E-state index in [2.05, 4.69) is 11.1 Å². The molecule has 0 atom stereocenters. The maximum absolute atomic E-state index is 13.1. The van der Waals surface area contributed by atoms with Crippen LogP contribution in [0.1, 0.15) is 33.6 Å². The zero-order valence-electron chi connectivity index (χ0n) is 19.9. The minimum atomic E-state index is -0.427. The molecule has 7 nitrogen and oxygen atoms in total. The van der Waals surface area contributed by atoms with Crippen molar-refractivity contribution < 1.29 is 14.4 Å². The van der Waals surface area contributed by atoms with Crippen molar-refractivity contribution in [2.24, 2.45) is 0 Å². The molecule has 8 heteroatoms. The summed E-state index contributed by atoms with van der Waals surface area (Å²) in [7, 11) is 0. The van der Waals surface area contributed by atoms with Crippen molar-refractivity contribution in [2.75, 3.05) is 13.1 Å². The summed E-state index contributed by atoms with van der Waals surface area (Å²) in [5.41, 5.74) is 6.20. The summed E-state index contributed by atoms with van der Waals surface area (Å²) >= 11 is 0.879. The van der Waals surface area contributed by atoms with Crippen LogP contribution in [0.5, 0.6) is 0 Å². The van der Waals surface area contributed by atoms with E-state index in [1.807, 2.05) is 61.7 Å². The van der Waals surface area contributed by atoms with E-state index in [1.165, 1.54) is 5.56 Å². The molecule has 0 unspecified atom stereocenters. The van der Waals surface area contributed by atoms with Gasteiger partial charge >= 0.3 is 0 Å². The highest BCUT2D eigenvalue weighted by molar-refractivity contribution is 8.18. The van der Waals surface area contributed by atoms with Crippen molar-refractivity contribution in [1.29, 1.82) is 0 Å². The van der Waals surface area contributed by atoms with Crippen LogP contribution < -0.4 is 0 Å². The standard InChI is InChI=1S/C27H26N4O3S/c1-17-8-10-28-24(12-17)31-18(2)13-22(19(31)3)14-23-26(33)30(27(34)35-23)16-25(32)29-11-9-20-6-4-5-7-21(20)15-29/h4-8,10,12-14H,9,11,15-16H2,1-3H3/b23-14-. The van der Waals surface area contributed by atoms with Gasteiger partial charge < -0.3 is 9.47 Å². The fourth-order valence-electron chi connectivity index (χ4n) is 4.65. The summed E-state index contributed by atoms with van der Waals surface area (Å²) in [5, 5.41) is -0.416. The number of thioether (sulfide) groups is 1. The molecule has 0 radical (unpaired) electrons. The van der Waals surface area contributed by atoms with E-state index >= 15 is 0 Å². The topological polar surface area (TPSA) is 75.5 Å². The fraction of sp³-hybridized carbons (Fsp3) is 0.259. The van der Waals surface area contributed by atoms with E-state index in [0.717, 1.165) is 57.0 Å². The van der Waals surface area contributed by atoms with Crippen molar-refractivity contribution in [3.05, 3.63) is 87.2 Å². The first kappa shape index (κ1) is 23.1. The molecule has 35 heavy (non-hydrogen) atoms. The minimum absolute atomic E-state index is 0.216. The van der Waals surface area contributed by atoms with Crippen molar-refractivity contribution >= 4 is 34.9 Å². The number of fused-ring (bicyclic) bond motifs is 1. The number of aryl methyl sites for hydroxylation is 2. The molecule has 1 fully saturated rings. The van der Waals surface area contributed by atoms with Crippen LogP contribution in [0.4, 0.5) is 4.79 Å². The normalized spacial score (nSPS) is 16.8. The first-order valence-electron chi connectivity index (χ1n) is 11.5. The van der Waals surface area contributed by atoms with Gasteiger partial charge in [-0.3, -0.25) is 19.3 Å². The van der Waals surface area contributed by atoms with Gasteiger partial charge in [0.25, 0.3) is 11.1 Å². The lowest BCUT2D eigenvalue weighted by Gasteiger charge is -2.29. The highest BCUT2D eigenvalue weighted by atomic mass is 32.2. The summed E-state index contributed by atoms with van der Waals surface area (Å²) in [6.07, 6.45) is 4.28. The van der Waals surface area contributed by atoms with Gasteiger partial charge in [0.2, 0.25) is 5.91 Å². The Morgan fingerprint density at radius 2 is 1.86 bits per heavy atom. The maximum Gasteiger partial charge on any atom is 0.294 e. The smallest absolute Gasteiger partial charge is 0.294 e. The van der Waals surface area contributed by atoms with Crippen LogP contribution in [0.25, 0.3) is 11.9 Å². The molecule has 0 bridgehead atoms. The Labute approximate surface area is 208 Å². The van der Waals surface area contributed by atoms with Crippen LogP contribution >= 0.6 is 11.8 Å². The second kappa shape index (κ2) is 9.19. The van der Waals surface area contributed by atoms with Crippen LogP contribution in [0.3, 0.4) is 0 Å². The van der Waals surface area contributed by atoms with Crippen LogP contribution in [0.2, 0.25) is 0 Å². The summed E-state index contributed by atoms with van der Waals surface area (Å²) < 4.78 is 2.03. The van der Waals surface area contributed by atoms with Crippen LogP contribution in [0, 0.1) is 20.8 Å². The lowest BCUT2D eigenvalue weighted by molar-refractivity contribution is -0.136. The van der Waals surface area contributed by atoms with Gasteiger partial charge in [-0.05, 0) is 85.5 Å². The van der Waals surface area contributed by atoms with E-state index in [1.54, 1.807) is 17.2 Å². The zero-order valence-corrected chi connectivity index (χ0v) is 20.8. The predicted molar refractivity (Wildman–Crippen MR) is 136 cm³/mol. The first-order chi connectivity index (χ1) is 16.8. The number of amides is 3. The number of carbonyl (C=O) groups excluding carboxylic acids is 3. The lowest BCUT2D eigenvalue weighted by atomic mass is 10.00. The van der Waals surface area contributed by atoms with Gasteiger partial charge in [0, 0.05) is 30.7 Å². The van der Waals surface area contributed by atoms with E-state index in [0.29, 0.717) is 18.0 Å². The number of pyridine rings is 1. The van der Waals surface area contributed by atoms with E-state index in [4.69, 9.17) is 0 Å². The summed E-state index contributed by atoms with van der Waals surface area (Å²) in [6, 6.07) is 14.0. The molecule has 2 aliphatic heterocycles. The summed E-state index contributed by atoms with van der Waals surface area (Å²) in [6.45, 7) is 6.80. The fourth-order valence-corrected chi connectivity index (χ4v) is 5.48. The monoisotopic (exact) mass is 486 g/mol. The second-order valence-corrected chi connectivity index (χ2v) is 9.95. The number of hydrogen-bond acceptors (Lipinski definition) is 5. The molecule has 4 heterocycles. The summed E-state index contributed by atoms with van der Waals surface area (Å²) in [4.78, 5) is 46.3. The van der Waals surface area contributed by atoms with Gasteiger partial charge in [-0.25, -0.2) is 4.98 Å². The molecule has 2 aliphatic rings. The number of carbonyl (C=O) groups is 3. The molecule has 3 amide bonds. The molecule has 178 valence electrons. The average molecular weight is 487 g/mol. The largest absolute Gasteiger partial charge is 0.336 e. The lowest BCUT2D eigenvalue weighted by Crippen LogP contribution is -2.44. The van der Waals surface area contributed by atoms with Gasteiger partial charge in [0.1, 0.15) is 12.4 Å². The van der Waals surface area contributed by atoms with Gasteiger partial charge in [-0.2, -0.15) is 0 Å². The van der Waals surface area contributed by atoms with E-state index in [9.17, 15) is 14.4 Å². The van der Waals surface area contributed by atoms with Crippen molar-refractivity contribution in [3.63, 3.8) is 0 Å². The number of aromatic nitrogens is 2. The summed E-state index contributed by atoms with van der Waals surface area (Å²) in [5.74, 6) is 0.164. The van der Waals surface area contributed by atoms with Crippen LogP contribution in [0.15, 0.2) is 53.6 Å². The van der Waals surface area contributed by atoms with Gasteiger partial charge in [0.05, 0.1) is 4.91 Å². The maximum atomic E-state index is 13.1. The van der Waals surface area contributed by atoms with E-state index < -0.39 is 11.1 Å². The minimum Gasteiger partial charge on any atom is -0.336 e. The van der Waals surface area contributed by atoms with Crippen molar-refractivity contribution in [3.8, 4) is 5.82 Å². The van der Waals surface area contributed by atoms with Crippen LogP contribution in [-0.4, -0.2) is 49.5 Å². The quantitative estimate of drug-likeness (QED) is 0.511. The SMILES string of the molecule is Cc1ccnc(-n2c(C)cc(/C=C3\SC(=O)N(CC(=O)N4CCc5ccccc5C4)C3=O)c2C)c1. The molecule has 1 aromatic carbocycles. The highest BCUT2D eigenvalue weighted by Gasteiger charge is 2.37. The molecular formula is C27H26N4O3S. The number of benzene rings is 1. The molecule has 0 N–H and O–H groups in total. The Morgan fingerprint density at radius 1 is 1.09 bits per heavy atom. The Balaban J connectivity index is 1.33. The third kappa shape index (κ3) is 4.41. The molecule has 1 saturated heterocycles. The van der Waals surface area contributed by atoms with E-state index in [-0.39, 0.29) is 12.5 Å². The molecule has 0 saturated carbocycles. The second-order valence-electron chi connectivity index (χ2n) is 8.96. The molecule has 3 aromatic rings. The Kier molecular flexibility index (Phi) is 6.06. The van der Waals surface area contributed by atoms with Crippen molar-refractivity contribution in [1.82, 2.24) is 19.4 Å². The number of hydrogen-bond donors (Lipinski definition) is 0.